The third kappa shape index (κ3) is 3.79. The lowest BCUT2D eigenvalue weighted by atomic mass is 10.1. The fourth-order valence-electron chi connectivity index (χ4n) is 1.90. The van der Waals surface area contributed by atoms with E-state index in [1.807, 2.05) is 31.3 Å². The largest absolute Gasteiger partial charge is 0.496 e. The number of methoxy groups -OCH3 is 1. The fourth-order valence-corrected chi connectivity index (χ4v) is 1.90. The molecule has 0 saturated heterocycles. The molecule has 1 aromatic carbocycles. The van der Waals surface area contributed by atoms with Crippen LogP contribution in [0.1, 0.15) is 23.7 Å². The van der Waals surface area contributed by atoms with Crippen LogP contribution < -0.4 is 10.1 Å². The van der Waals surface area contributed by atoms with Gasteiger partial charge >= 0.3 is 0 Å². The number of hydrogen-bond acceptors (Lipinski definition) is 5. The van der Waals surface area contributed by atoms with Crippen molar-refractivity contribution in [2.75, 3.05) is 20.7 Å². The molecule has 0 bridgehead atoms. The molecule has 0 amide bonds. The Kier molecular flexibility index (Phi) is 4.92. The number of hydrogen-bond donors (Lipinski definition) is 1. The minimum absolute atomic E-state index is 0.600. The van der Waals surface area contributed by atoms with Crippen molar-refractivity contribution in [2.45, 2.75) is 19.3 Å². The Morgan fingerprint density at radius 3 is 2.95 bits per heavy atom. The lowest BCUT2D eigenvalue weighted by Crippen LogP contribution is -2.08. The first kappa shape index (κ1) is 13.5. The van der Waals surface area contributed by atoms with Crippen molar-refractivity contribution in [1.82, 2.24) is 15.5 Å². The summed E-state index contributed by atoms with van der Waals surface area (Å²) < 4.78 is 10.6. The van der Waals surface area contributed by atoms with Crippen LogP contribution in [0, 0.1) is 0 Å². The van der Waals surface area contributed by atoms with E-state index in [2.05, 4.69) is 15.5 Å². The first-order chi connectivity index (χ1) is 9.33. The molecular formula is C14H19N3O2. The zero-order valence-corrected chi connectivity index (χ0v) is 11.3. The van der Waals surface area contributed by atoms with Crippen molar-refractivity contribution in [1.29, 1.82) is 0 Å². The normalized spacial score (nSPS) is 10.6. The van der Waals surface area contributed by atoms with E-state index < -0.39 is 0 Å². The second-order valence-corrected chi connectivity index (χ2v) is 4.30. The number of aryl methyl sites for hydroxylation is 1. The number of nitrogens with zero attached hydrogens (tertiary/aromatic N) is 2. The molecule has 0 aliphatic carbocycles. The molecule has 1 aromatic heterocycles. The van der Waals surface area contributed by atoms with Gasteiger partial charge in [-0.2, -0.15) is 4.98 Å². The van der Waals surface area contributed by atoms with Gasteiger partial charge in [0.05, 0.1) is 13.5 Å². The lowest BCUT2D eigenvalue weighted by molar-refractivity contribution is 0.374. The summed E-state index contributed by atoms with van der Waals surface area (Å²) >= 11 is 0. The Morgan fingerprint density at radius 2 is 2.16 bits per heavy atom. The Labute approximate surface area is 113 Å². The first-order valence-corrected chi connectivity index (χ1v) is 6.41. The van der Waals surface area contributed by atoms with E-state index in [0.29, 0.717) is 12.3 Å². The molecule has 0 spiro atoms. The summed E-state index contributed by atoms with van der Waals surface area (Å²) in [4.78, 5) is 4.39. The van der Waals surface area contributed by atoms with Gasteiger partial charge in [-0.15, -0.1) is 0 Å². The van der Waals surface area contributed by atoms with E-state index in [0.717, 1.165) is 36.5 Å². The second kappa shape index (κ2) is 6.89. The number of benzene rings is 1. The molecular weight excluding hydrogens is 242 g/mol. The smallest absolute Gasteiger partial charge is 0.231 e. The maximum absolute atomic E-state index is 5.31. The summed E-state index contributed by atoms with van der Waals surface area (Å²) in [6.45, 7) is 0.955. The van der Waals surface area contributed by atoms with E-state index in [1.165, 1.54) is 0 Å². The van der Waals surface area contributed by atoms with Gasteiger partial charge in [0.15, 0.2) is 5.82 Å². The van der Waals surface area contributed by atoms with E-state index in [9.17, 15) is 0 Å². The van der Waals surface area contributed by atoms with Gasteiger partial charge < -0.3 is 14.6 Å². The molecule has 0 aliphatic heterocycles. The highest BCUT2D eigenvalue weighted by Gasteiger charge is 2.09. The molecule has 19 heavy (non-hydrogen) atoms. The first-order valence-electron chi connectivity index (χ1n) is 6.41. The van der Waals surface area contributed by atoms with Crippen molar-refractivity contribution in [2.24, 2.45) is 0 Å². The predicted molar refractivity (Wildman–Crippen MR) is 72.3 cm³/mol. The number of nitrogens with one attached hydrogen (secondary N) is 1. The van der Waals surface area contributed by atoms with Crippen LogP contribution in [-0.2, 0) is 12.8 Å². The molecule has 0 fully saturated rings. The van der Waals surface area contributed by atoms with Crippen LogP contribution in [0.2, 0.25) is 0 Å². The van der Waals surface area contributed by atoms with Crippen LogP contribution in [0.15, 0.2) is 28.8 Å². The Balaban J connectivity index is 1.99. The molecule has 0 unspecified atom stereocenters. The molecule has 102 valence electrons. The van der Waals surface area contributed by atoms with E-state index >= 15 is 0 Å². The Bertz CT molecular complexity index is 511. The maximum Gasteiger partial charge on any atom is 0.231 e. The molecule has 2 rings (SSSR count). The minimum Gasteiger partial charge on any atom is -0.496 e. The molecule has 1 N–H and O–H groups in total. The monoisotopic (exact) mass is 261 g/mol. The van der Waals surface area contributed by atoms with Crippen molar-refractivity contribution >= 4 is 0 Å². The van der Waals surface area contributed by atoms with E-state index in [4.69, 9.17) is 9.26 Å². The van der Waals surface area contributed by atoms with Gasteiger partial charge in [0, 0.05) is 12.0 Å². The Hall–Kier alpha value is -1.88. The standard InChI is InChI=1S/C14H19N3O2/c1-15-9-5-8-13-16-14(19-17-13)10-11-6-3-4-7-12(11)18-2/h3-4,6-7,15H,5,8-10H2,1-2H3. The summed E-state index contributed by atoms with van der Waals surface area (Å²) in [5.74, 6) is 2.24. The fraction of sp³-hybridized carbons (Fsp3) is 0.429. The highest BCUT2D eigenvalue weighted by atomic mass is 16.5. The van der Waals surface area contributed by atoms with E-state index in [1.54, 1.807) is 7.11 Å². The molecule has 5 heteroatoms. The minimum atomic E-state index is 0.600. The summed E-state index contributed by atoms with van der Waals surface area (Å²) in [5.41, 5.74) is 1.05. The summed E-state index contributed by atoms with van der Waals surface area (Å²) in [6.07, 6.45) is 2.43. The van der Waals surface area contributed by atoms with Crippen LogP contribution in [-0.4, -0.2) is 30.8 Å². The van der Waals surface area contributed by atoms with Crippen molar-refractivity contribution in [3.63, 3.8) is 0 Å². The topological polar surface area (TPSA) is 60.2 Å². The Morgan fingerprint density at radius 1 is 1.32 bits per heavy atom. The second-order valence-electron chi connectivity index (χ2n) is 4.30. The van der Waals surface area contributed by atoms with Gasteiger partial charge in [0.25, 0.3) is 0 Å². The molecule has 1 heterocycles. The van der Waals surface area contributed by atoms with Crippen LogP contribution >= 0.6 is 0 Å². The number of aromatic nitrogens is 2. The zero-order valence-electron chi connectivity index (χ0n) is 11.3. The average molecular weight is 261 g/mol. The number of ether oxygens (including phenoxy) is 1. The zero-order chi connectivity index (χ0) is 13.5. The number of rotatable bonds is 7. The van der Waals surface area contributed by atoms with Crippen molar-refractivity contribution in [3.05, 3.63) is 41.5 Å². The van der Waals surface area contributed by atoms with Gasteiger partial charge in [-0.1, -0.05) is 23.4 Å². The van der Waals surface area contributed by atoms with Crippen LogP contribution in [0.4, 0.5) is 0 Å². The predicted octanol–water partition coefficient (Wildman–Crippen LogP) is 1.82. The van der Waals surface area contributed by atoms with Gasteiger partial charge in [0.2, 0.25) is 5.89 Å². The molecule has 5 nitrogen and oxygen atoms in total. The SMILES string of the molecule is CNCCCc1noc(Cc2ccccc2OC)n1. The molecule has 0 atom stereocenters. The van der Waals surface area contributed by atoms with Crippen LogP contribution in [0.3, 0.4) is 0 Å². The summed E-state index contributed by atoms with van der Waals surface area (Å²) in [6, 6.07) is 7.85. The number of para-hydroxylation sites is 1. The average Bonchev–Trinajstić information content (AvgIpc) is 2.87. The van der Waals surface area contributed by atoms with Crippen LogP contribution in [0.25, 0.3) is 0 Å². The highest BCUT2D eigenvalue weighted by molar-refractivity contribution is 5.34. The van der Waals surface area contributed by atoms with Crippen LogP contribution in [0.5, 0.6) is 5.75 Å². The van der Waals surface area contributed by atoms with Gasteiger partial charge in [0.1, 0.15) is 5.75 Å². The lowest BCUT2D eigenvalue weighted by Gasteiger charge is -2.04. The van der Waals surface area contributed by atoms with Gasteiger partial charge in [-0.3, -0.25) is 0 Å². The van der Waals surface area contributed by atoms with E-state index in [-0.39, 0.29) is 0 Å². The van der Waals surface area contributed by atoms with Crippen molar-refractivity contribution in [3.8, 4) is 5.75 Å². The summed E-state index contributed by atoms with van der Waals surface area (Å²) in [7, 11) is 3.60. The molecule has 0 radical (unpaired) electrons. The maximum atomic E-state index is 5.31. The van der Waals surface area contributed by atoms with Crippen molar-refractivity contribution < 1.29 is 9.26 Å². The molecule has 0 aliphatic rings. The molecule has 2 aromatic rings. The highest BCUT2D eigenvalue weighted by Crippen LogP contribution is 2.20. The quantitative estimate of drug-likeness (QED) is 0.770. The van der Waals surface area contributed by atoms with Gasteiger partial charge in [-0.05, 0) is 26.1 Å². The van der Waals surface area contributed by atoms with Gasteiger partial charge in [-0.25, -0.2) is 0 Å². The molecule has 0 saturated carbocycles. The third-order valence-corrected chi connectivity index (χ3v) is 2.87. The third-order valence-electron chi connectivity index (χ3n) is 2.87. The summed E-state index contributed by atoms with van der Waals surface area (Å²) in [5, 5.41) is 7.08.